The molecule has 98 valence electrons. The Balaban J connectivity index is 1.99. The minimum Gasteiger partial charge on any atom is -0.381 e. The Hall–Kier alpha value is -2.56. The highest BCUT2D eigenvalue weighted by Gasteiger charge is 1.99. The molecule has 0 aromatic heterocycles. The van der Waals surface area contributed by atoms with E-state index in [0.29, 0.717) is 12.2 Å². The minimum absolute atomic E-state index is 0.253. The van der Waals surface area contributed by atoms with Gasteiger partial charge in [0.05, 0.1) is 0 Å². The molecule has 0 radical (unpaired) electrons. The lowest BCUT2D eigenvalue weighted by atomic mass is 10.2. The van der Waals surface area contributed by atoms with Crippen molar-refractivity contribution in [1.82, 2.24) is 0 Å². The largest absolute Gasteiger partial charge is 0.381 e. The van der Waals surface area contributed by atoms with Crippen molar-refractivity contribution in [1.29, 1.82) is 0 Å². The number of nitrogens with one attached hydrogen (secondary N) is 2. The Bertz CT molecular complexity index is 569. The Morgan fingerprint density at radius 3 is 2.47 bits per heavy atom. The van der Waals surface area contributed by atoms with Gasteiger partial charge < -0.3 is 16.4 Å². The second-order valence-electron chi connectivity index (χ2n) is 4.05. The molecule has 4 nitrogen and oxygen atoms in total. The van der Waals surface area contributed by atoms with Gasteiger partial charge in [-0.05, 0) is 35.9 Å². The van der Waals surface area contributed by atoms with Gasteiger partial charge in [0.1, 0.15) is 5.82 Å². The van der Waals surface area contributed by atoms with Crippen molar-refractivity contribution in [3.8, 4) is 0 Å². The maximum atomic E-state index is 12.8. The summed E-state index contributed by atoms with van der Waals surface area (Å²) in [6.45, 7) is 0.570. The predicted molar refractivity (Wildman–Crippen MR) is 73.4 cm³/mol. The normalized spacial score (nSPS) is 9.95. The Morgan fingerprint density at radius 1 is 1.11 bits per heavy atom. The number of amides is 2. The Labute approximate surface area is 110 Å². The van der Waals surface area contributed by atoms with E-state index in [1.54, 1.807) is 30.3 Å². The standard InChI is InChI=1S/C14H14FN3O/c15-11-6-4-10(5-7-11)9-17-12-2-1-3-13(8-12)18-14(16)19/h1-8,17H,9H2,(H3,16,18,19). The zero-order valence-corrected chi connectivity index (χ0v) is 10.2. The lowest BCUT2D eigenvalue weighted by Crippen LogP contribution is -2.19. The quantitative estimate of drug-likeness (QED) is 0.790. The van der Waals surface area contributed by atoms with E-state index in [1.165, 1.54) is 12.1 Å². The smallest absolute Gasteiger partial charge is 0.316 e. The molecule has 0 spiro atoms. The first kappa shape index (κ1) is 12.9. The maximum Gasteiger partial charge on any atom is 0.316 e. The number of carbonyl (C=O) groups is 1. The molecule has 0 atom stereocenters. The number of rotatable bonds is 4. The fourth-order valence-electron chi connectivity index (χ4n) is 1.66. The average Bonchev–Trinajstić information content (AvgIpc) is 2.38. The molecule has 5 heteroatoms. The molecule has 0 saturated heterocycles. The maximum absolute atomic E-state index is 12.8. The summed E-state index contributed by atoms with van der Waals surface area (Å²) in [5.74, 6) is -0.253. The fourth-order valence-corrected chi connectivity index (χ4v) is 1.66. The van der Waals surface area contributed by atoms with Crippen molar-refractivity contribution >= 4 is 17.4 Å². The van der Waals surface area contributed by atoms with Gasteiger partial charge in [-0.15, -0.1) is 0 Å². The van der Waals surface area contributed by atoms with Gasteiger partial charge in [0.25, 0.3) is 0 Å². The molecule has 0 aliphatic carbocycles. The van der Waals surface area contributed by atoms with Crippen LogP contribution in [-0.2, 0) is 6.54 Å². The number of hydrogen-bond donors (Lipinski definition) is 3. The first-order valence-corrected chi connectivity index (χ1v) is 5.78. The van der Waals surface area contributed by atoms with Crippen molar-refractivity contribution in [2.24, 2.45) is 5.73 Å². The van der Waals surface area contributed by atoms with Crippen molar-refractivity contribution in [2.75, 3.05) is 10.6 Å². The molecule has 2 rings (SSSR count). The summed E-state index contributed by atoms with van der Waals surface area (Å²) >= 11 is 0. The molecule has 0 unspecified atom stereocenters. The van der Waals surface area contributed by atoms with Crippen LogP contribution < -0.4 is 16.4 Å². The summed E-state index contributed by atoms with van der Waals surface area (Å²) in [6, 6.07) is 12.9. The summed E-state index contributed by atoms with van der Waals surface area (Å²) in [7, 11) is 0. The molecular weight excluding hydrogens is 245 g/mol. The number of hydrogen-bond acceptors (Lipinski definition) is 2. The van der Waals surface area contributed by atoms with Crippen LogP contribution in [0.3, 0.4) is 0 Å². The number of halogens is 1. The molecule has 2 aromatic carbocycles. The molecule has 0 heterocycles. The number of primary amides is 1. The van der Waals surface area contributed by atoms with E-state index >= 15 is 0 Å². The van der Waals surface area contributed by atoms with E-state index in [0.717, 1.165) is 11.3 Å². The highest BCUT2D eigenvalue weighted by Crippen LogP contribution is 2.16. The zero-order valence-electron chi connectivity index (χ0n) is 10.2. The summed E-state index contributed by atoms with van der Waals surface area (Å²) < 4.78 is 12.8. The van der Waals surface area contributed by atoms with Gasteiger partial charge in [0.15, 0.2) is 0 Å². The van der Waals surface area contributed by atoms with Crippen LogP contribution in [0.2, 0.25) is 0 Å². The van der Waals surface area contributed by atoms with Gasteiger partial charge in [-0.2, -0.15) is 0 Å². The lowest BCUT2D eigenvalue weighted by molar-refractivity contribution is 0.259. The van der Waals surface area contributed by atoms with Gasteiger partial charge >= 0.3 is 6.03 Å². The van der Waals surface area contributed by atoms with Gasteiger partial charge in [0, 0.05) is 17.9 Å². The fraction of sp³-hybridized carbons (Fsp3) is 0.0714. The van der Waals surface area contributed by atoms with E-state index in [9.17, 15) is 9.18 Å². The van der Waals surface area contributed by atoms with Crippen LogP contribution in [0.1, 0.15) is 5.56 Å². The molecule has 0 fully saturated rings. The summed E-state index contributed by atoms with van der Waals surface area (Å²) in [6.07, 6.45) is 0. The Kier molecular flexibility index (Phi) is 3.97. The van der Waals surface area contributed by atoms with Crippen LogP contribution >= 0.6 is 0 Å². The van der Waals surface area contributed by atoms with Crippen LogP contribution in [-0.4, -0.2) is 6.03 Å². The third kappa shape index (κ3) is 3.99. The molecule has 19 heavy (non-hydrogen) atoms. The van der Waals surface area contributed by atoms with Crippen molar-refractivity contribution < 1.29 is 9.18 Å². The minimum atomic E-state index is -0.601. The van der Waals surface area contributed by atoms with Crippen molar-refractivity contribution in [3.63, 3.8) is 0 Å². The van der Waals surface area contributed by atoms with Crippen LogP contribution in [0.15, 0.2) is 48.5 Å². The molecule has 0 aliphatic heterocycles. The van der Waals surface area contributed by atoms with E-state index < -0.39 is 6.03 Å². The van der Waals surface area contributed by atoms with Crippen LogP contribution in [0.25, 0.3) is 0 Å². The topological polar surface area (TPSA) is 67.2 Å². The SMILES string of the molecule is NC(=O)Nc1cccc(NCc2ccc(F)cc2)c1. The van der Waals surface area contributed by atoms with Crippen LogP contribution in [0.4, 0.5) is 20.6 Å². The third-order valence-corrected chi connectivity index (χ3v) is 2.54. The number of carbonyl (C=O) groups excluding carboxylic acids is 1. The molecule has 0 saturated carbocycles. The first-order valence-electron chi connectivity index (χ1n) is 5.78. The highest BCUT2D eigenvalue weighted by molar-refractivity contribution is 5.88. The van der Waals surface area contributed by atoms with Crippen molar-refractivity contribution in [3.05, 3.63) is 59.9 Å². The molecule has 4 N–H and O–H groups in total. The number of urea groups is 1. The van der Waals surface area contributed by atoms with Crippen LogP contribution in [0, 0.1) is 5.82 Å². The van der Waals surface area contributed by atoms with Gasteiger partial charge in [-0.1, -0.05) is 18.2 Å². The number of anilines is 2. The van der Waals surface area contributed by atoms with E-state index in [2.05, 4.69) is 10.6 Å². The molecular formula is C14H14FN3O. The lowest BCUT2D eigenvalue weighted by Gasteiger charge is -2.08. The predicted octanol–water partition coefficient (Wildman–Crippen LogP) is 2.93. The van der Waals surface area contributed by atoms with Gasteiger partial charge in [0.2, 0.25) is 0 Å². The van der Waals surface area contributed by atoms with Crippen LogP contribution in [0.5, 0.6) is 0 Å². The van der Waals surface area contributed by atoms with E-state index in [-0.39, 0.29) is 5.82 Å². The molecule has 2 aromatic rings. The van der Waals surface area contributed by atoms with Gasteiger partial charge in [-0.3, -0.25) is 0 Å². The molecule has 0 bridgehead atoms. The number of nitrogens with two attached hydrogens (primary N) is 1. The summed E-state index contributed by atoms with van der Waals surface area (Å²) in [5.41, 5.74) is 7.48. The average molecular weight is 259 g/mol. The number of benzene rings is 2. The van der Waals surface area contributed by atoms with Gasteiger partial charge in [-0.25, -0.2) is 9.18 Å². The summed E-state index contributed by atoms with van der Waals surface area (Å²) in [5, 5.41) is 5.68. The van der Waals surface area contributed by atoms with Crippen molar-refractivity contribution in [2.45, 2.75) is 6.54 Å². The zero-order chi connectivity index (χ0) is 13.7. The van der Waals surface area contributed by atoms with E-state index in [4.69, 9.17) is 5.73 Å². The highest BCUT2D eigenvalue weighted by atomic mass is 19.1. The second-order valence-corrected chi connectivity index (χ2v) is 4.05. The molecule has 2 amide bonds. The second kappa shape index (κ2) is 5.86. The third-order valence-electron chi connectivity index (χ3n) is 2.54. The molecule has 0 aliphatic rings. The van der Waals surface area contributed by atoms with E-state index in [1.807, 2.05) is 6.07 Å². The monoisotopic (exact) mass is 259 g/mol. The Morgan fingerprint density at radius 2 is 1.79 bits per heavy atom. The first-order chi connectivity index (χ1) is 9.13. The summed E-state index contributed by atoms with van der Waals surface area (Å²) in [4.78, 5) is 10.7.